The lowest BCUT2D eigenvalue weighted by Crippen LogP contribution is -2.36. The van der Waals surface area contributed by atoms with E-state index in [4.69, 9.17) is 9.57 Å². The van der Waals surface area contributed by atoms with Crippen molar-refractivity contribution >= 4 is 5.71 Å². The van der Waals surface area contributed by atoms with Gasteiger partial charge in [-0.15, -0.1) is 0 Å². The van der Waals surface area contributed by atoms with Crippen LogP contribution in [0.3, 0.4) is 0 Å². The normalized spacial score (nSPS) is 36.1. The Labute approximate surface area is 100 Å². The van der Waals surface area contributed by atoms with Crippen molar-refractivity contribution in [3.63, 3.8) is 0 Å². The first-order chi connectivity index (χ1) is 8.57. The van der Waals surface area contributed by atoms with Gasteiger partial charge < -0.3 is 9.57 Å². The molecule has 6 heteroatoms. The van der Waals surface area contributed by atoms with Crippen LogP contribution in [0.1, 0.15) is 23.3 Å². The van der Waals surface area contributed by atoms with E-state index < -0.39 is 36.1 Å². The van der Waals surface area contributed by atoms with Crippen molar-refractivity contribution in [3.8, 4) is 0 Å². The van der Waals surface area contributed by atoms with Crippen molar-refractivity contribution in [1.29, 1.82) is 0 Å². The number of oxime groups is 1. The number of fused-ring (bicyclic) bond motifs is 8. The third kappa shape index (κ3) is 1.11. The maximum Gasteiger partial charge on any atom is 0.433 e. The average molecular weight is 255 g/mol. The topological polar surface area (TPSA) is 30.8 Å². The van der Waals surface area contributed by atoms with Gasteiger partial charge in [0.1, 0.15) is 6.10 Å². The first kappa shape index (κ1) is 10.4. The maximum atomic E-state index is 12.8. The lowest BCUT2D eigenvalue weighted by Gasteiger charge is -2.22. The number of benzene rings is 1. The van der Waals surface area contributed by atoms with E-state index in [1.807, 2.05) is 18.2 Å². The zero-order valence-electron chi connectivity index (χ0n) is 9.02. The Morgan fingerprint density at radius 1 is 1.06 bits per heavy atom. The number of nitrogens with zero attached hydrogens (tertiary/aromatic N) is 1. The predicted octanol–water partition coefficient (Wildman–Crippen LogP) is 2.75. The smallest absolute Gasteiger partial charge is 0.388 e. The molecule has 0 amide bonds. The molecule has 0 aromatic heterocycles. The van der Waals surface area contributed by atoms with E-state index in [0.717, 1.165) is 11.1 Å². The summed E-state index contributed by atoms with van der Waals surface area (Å²) in [5.74, 6) is -0.829. The first-order valence-electron chi connectivity index (χ1n) is 5.62. The highest BCUT2D eigenvalue weighted by atomic mass is 19.4. The van der Waals surface area contributed by atoms with Crippen molar-refractivity contribution in [2.75, 3.05) is 0 Å². The summed E-state index contributed by atoms with van der Waals surface area (Å²) < 4.78 is 44.1. The fourth-order valence-electron chi connectivity index (χ4n) is 3.07. The van der Waals surface area contributed by atoms with Crippen molar-refractivity contribution in [1.82, 2.24) is 0 Å². The van der Waals surface area contributed by atoms with E-state index in [9.17, 15) is 13.2 Å². The molecule has 94 valence electrons. The quantitative estimate of drug-likeness (QED) is 0.713. The van der Waals surface area contributed by atoms with Gasteiger partial charge in [0.05, 0.1) is 12.0 Å². The van der Waals surface area contributed by atoms with E-state index in [2.05, 4.69) is 5.16 Å². The van der Waals surface area contributed by atoms with Crippen LogP contribution in [0.5, 0.6) is 0 Å². The lowest BCUT2D eigenvalue weighted by atomic mass is 9.79. The molecule has 0 unspecified atom stereocenters. The average Bonchev–Trinajstić information content (AvgIpc) is 2.97. The molecule has 4 rings (SSSR count). The Balaban J connectivity index is 1.80. The Morgan fingerprint density at radius 3 is 2.39 bits per heavy atom. The van der Waals surface area contributed by atoms with Crippen LogP contribution in [-0.4, -0.2) is 18.0 Å². The van der Waals surface area contributed by atoms with Gasteiger partial charge in [-0.1, -0.05) is 29.4 Å². The molecule has 1 aromatic rings. The molecule has 1 aromatic carbocycles. The Bertz CT molecular complexity index is 554. The zero-order chi connectivity index (χ0) is 12.5. The summed E-state index contributed by atoms with van der Waals surface area (Å²) in [4.78, 5) is 4.95. The van der Waals surface area contributed by atoms with Crippen LogP contribution in [0.2, 0.25) is 0 Å². The summed E-state index contributed by atoms with van der Waals surface area (Å²) in [6.45, 7) is 0. The third-order valence-corrected chi connectivity index (χ3v) is 3.76. The van der Waals surface area contributed by atoms with Gasteiger partial charge in [0.2, 0.25) is 0 Å². The highest BCUT2D eigenvalue weighted by Gasteiger charge is 2.63. The molecule has 18 heavy (non-hydrogen) atoms. The number of hydrogen-bond donors (Lipinski definition) is 0. The standard InChI is InChI=1S/C12H8F3NO2/c13-12(14,15)11-7-8-5-3-1-2-4-6(5)9(17-8)10(7)18-16-11/h1-4,7-10H/t7-,8-,9-,10+/m0/s1. The molecule has 4 atom stereocenters. The lowest BCUT2D eigenvalue weighted by molar-refractivity contribution is -0.0651. The van der Waals surface area contributed by atoms with Crippen molar-refractivity contribution < 1.29 is 22.7 Å². The second kappa shape index (κ2) is 3.06. The fraction of sp³-hybridized carbons (Fsp3) is 0.417. The van der Waals surface area contributed by atoms with E-state index >= 15 is 0 Å². The molecule has 1 fully saturated rings. The molecular formula is C12H8F3NO2. The summed E-state index contributed by atoms with van der Waals surface area (Å²) in [6.07, 6.45) is -6.11. The number of rotatable bonds is 0. The second-order valence-corrected chi connectivity index (χ2v) is 4.68. The predicted molar refractivity (Wildman–Crippen MR) is 54.9 cm³/mol. The number of alkyl halides is 3. The van der Waals surface area contributed by atoms with Gasteiger partial charge in [0.25, 0.3) is 0 Å². The number of ether oxygens (including phenoxy) is 1. The number of hydrogen-bond acceptors (Lipinski definition) is 3. The third-order valence-electron chi connectivity index (χ3n) is 3.76. The van der Waals surface area contributed by atoms with Gasteiger partial charge >= 0.3 is 6.18 Å². The van der Waals surface area contributed by atoms with Gasteiger partial charge in [0.15, 0.2) is 11.8 Å². The van der Waals surface area contributed by atoms with Crippen molar-refractivity contribution in [2.45, 2.75) is 24.5 Å². The minimum absolute atomic E-state index is 0.431. The van der Waals surface area contributed by atoms with Gasteiger partial charge in [-0.3, -0.25) is 0 Å². The minimum atomic E-state index is -4.46. The summed E-state index contributed by atoms with van der Waals surface area (Å²) in [7, 11) is 0. The molecule has 1 saturated heterocycles. The van der Waals surface area contributed by atoms with Gasteiger partial charge in [-0.25, -0.2) is 0 Å². The SMILES string of the molecule is FC(F)(F)C1=NO[C@@H]2[C@@H]1[C@H]1O[C@H]2c2ccccc21. The molecule has 3 aliphatic heterocycles. The maximum absolute atomic E-state index is 12.8. The van der Waals surface area contributed by atoms with E-state index in [0.29, 0.717) is 0 Å². The van der Waals surface area contributed by atoms with E-state index in [1.165, 1.54) is 0 Å². The molecule has 2 bridgehead atoms. The summed E-state index contributed by atoms with van der Waals surface area (Å²) in [6, 6.07) is 7.32. The Morgan fingerprint density at radius 2 is 1.72 bits per heavy atom. The van der Waals surface area contributed by atoms with Crippen molar-refractivity contribution in [3.05, 3.63) is 35.4 Å². The van der Waals surface area contributed by atoms with Gasteiger partial charge in [-0.2, -0.15) is 13.2 Å². The number of halogens is 3. The van der Waals surface area contributed by atoms with Crippen LogP contribution in [0.15, 0.2) is 29.4 Å². The molecule has 3 nitrogen and oxygen atoms in total. The minimum Gasteiger partial charge on any atom is -0.388 e. The van der Waals surface area contributed by atoms with Crippen molar-refractivity contribution in [2.24, 2.45) is 11.1 Å². The Hall–Kier alpha value is -1.56. The molecule has 3 aliphatic rings. The fourth-order valence-corrected chi connectivity index (χ4v) is 3.07. The molecule has 3 heterocycles. The molecule has 0 aliphatic carbocycles. The Kier molecular flexibility index (Phi) is 1.76. The van der Waals surface area contributed by atoms with Crippen LogP contribution >= 0.6 is 0 Å². The van der Waals surface area contributed by atoms with Gasteiger partial charge in [0, 0.05) is 0 Å². The second-order valence-electron chi connectivity index (χ2n) is 4.68. The highest BCUT2D eigenvalue weighted by molar-refractivity contribution is 5.94. The molecule has 0 radical (unpaired) electrons. The van der Waals surface area contributed by atoms with Crippen LogP contribution in [0.4, 0.5) is 13.2 Å². The van der Waals surface area contributed by atoms with E-state index in [1.54, 1.807) is 6.07 Å². The van der Waals surface area contributed by atoms with Crippen LogP contribution in [0, 0.1) is 5.92 Å². The monoisotopic (exact) mass is 255 g/mol. The van der Waals surface area contributed by atoms with Crippen LogP contribution in [0.25, 0.3) is 0 Å². The summed E-state index contributed by atoms with van der Waals surface area (Å²) >= 11 is 0. The largest absolute Gasteiger partial charge is 0.433 e. The molecule has 0 N–H and O–H groups in total. The van der Waals surface area contributed by atoms with Gasteiger partial charge in [-0.05, 0) is 11.1 Å². The first-order valence-corrected chi connectivity index (χ1v) is 5.62. The summed E-state index contributed by atoms with van der Waals surface area (Å²) in [5, 5.41) is 3.23. The molecular weight excluding hydrogens is 247 g/mol. The van der Waals surface area contributed by atoms with Crippen LogP contribution < -0.4 is 0 Å². The molecule has 0 saturated carbocycles. The van der Waals surface area contributed by atoms with Crippen LogP contribution in [-0.2, 0) is 9.57 Å². The zero-order valence-corrected chi connectivity index (χ0v) is 9.02. The molecule has 0 spiro atoms. The van der Waals surface area contributed by atoms with E-state index in [-0.39, 0.29) is 0 Å². The highest BCUT2D eigenvalue weighted by Crippen LogP contribution is 2.58. The summed E-state index contributed by atoms with van der Waals surface area (Å²) in [5.41, 5.74) is 0.892.